The predicted molar refractivity (Wildman–Crippen MR) is 95.5 cm³/mol. The molecule has 0 heterocycles. The molecule has 0 aromatic heterocycles. The van der Waals surface area contributed by atoms with Gasteiger partial charge in [0.25, 0.3) is 0 Å². The van der Waals surface area contributed by atoms with Crippen molar-refractivity contribution < 1.29 is 9.53 Å². The number of nitrogens with one attached hydrogen (secondary N) is 1. The summed E-state index contributed by atoms with van der Waals surface area (Å²) in [5, 5.41) is 3.56. The van der Waals surface area contributed by atoms with Crippen molar-refractivity contribution in [3.8, 4) is 5.75 Å². The van der Waals surface area contributed by atoms with Crippen LogP contribution in [0.5, 0.6) is 5.75 Å². The summed E-state index contributed by atoms with van der Waals surface area (Å²) in [6, 6.07) is 13.3. The zero-order valence-corrected chi connectivity index (χ0v) is 14.5. The van der Waals surface area contributed by atoms with Gasteiger partial charge in [0, 0.05) is 5.69 Å². The summed E-state index contributed by atoms with van der Waals surface area (Å²) in [5.41, 5.74) is 3.12. The molecule has 4 heteroatoms. The first kappa shape index (κ1) is 17.4. The largest absolute Gasteiger partial charge is 0.491 e. The van der Waals surface area contributed by atoms with Crippen molar-refractivity contribution in [1.29, 1.82) is 0 Å². The molecule has 2 rings (SSSR count). The molecule has 0 bridgehead atoms. The van der Waals surface area contributed by atoms with Gasteiger partial charge in [0.2, 0.25) is 5.91 Å². The Morgan fingerprint density at radius 3 is 2.61 bits per heavy atom. The van der Waals surface area contributed by atoms with Crippen LogP contribution >= 0.6 is 11.6 Å². The average molecular weight is 332 g/mol. The number of hydrogen-bond donors (Lipinski definition) is 1. The number of benzene rings is 2. The molecular weight excluding hydrogens is 310 g/mol. The Morgan fingerprint density at radius 2 is 1.91 bits per heavy atom. The molecule has 2 aromatic carbocycles. The average Bonchev–Trinajstić information content (AvgIpc) is 2.51. The van der Waals surface area contributed by atoms with Crippen molar-refractivity contribution in [2.45, 2.75) is 33.1 Å². The number of carbonyl (C=O) groups is 1. The van der Waals surface area contributed by atoms with E-state index in [4.69, 9.17) is 16.3 Å². The normalized spacial score (nSPS) is 10.7. The molecule has 122 valence electrons. The maximum Gasteiger partial charge on any atom is 0.227 e. The molecule has 3 nitrogen and oxygen atoms in total. The third-order valence-electron chi connectivity index (χ3n) is 3.61. The molecule has 1 N–H and O–H groups in total. The molecule has 2 aromatic rings. The summed E-state index contributed by atoms with van der Waals surface area (Å²) in [6.45, 7) is 6.52. The quantitative estimate of drug-likeness (QED) is 0.792. The molecule has 0 radical (unpaired) electrons. The Bertz CT molecular complexity index is 683. The summed E-state index contributed by atoms with van der Waals surface area (Å²) >= 11 is 6.02. The molecule has 0 atom stereocenters. The second kappa shape index (κ2) is 8.02. The van der Waals surface area contributed by atoms with Crippen LogP contribution in [-0.4, -0.2) is 12.5 Å². The minimum absolute atomic E-state index is 0.0618. The molecular formula is C19H22ClNO2. The van der Waals surface area contributed by atoms with Crippen LogP contribution < -0.4 is 10.1 Å². The Balaban J connectivity index is 1.94. The molecule has 0 unspecified atom stereocenters. The van der Waals surface area contributed by atoms with E-state index in [0.717, 1.165) is 16.8 Å². The SMILES string of the molecule is Cc1cccc(C(C)C)c1NC(=O)CCOc1ccccc1Cl. The number of ether oxygens (including phenoxy) is 1. The highest BCUT2D eigenvalue weighted by Crippen LogP contribution is 2.27. The molecule has 0 saturated heterocycles. The van der Waals surface area contributed by atoms with E-state index in [9.17, 15) is 4.79 Å². The standard InChI is InChI=1S/C19H22ClNO2/c1-13(2)15-8-6-7-14(3)19(15)21-18(22)11-12-23-17-10-5-4-9-16(17)20/h4-10,13H,11-12H2,1-3H3,(H,21,22). The topological polar surface area (TPSA) is 38.3 Å². The highest BCUT2D eigenvalue weighted by Gasteiger charge is 2.12. The molecule has 23 heavy (non-hydrogen) atoms. The van der Waals surface area contributed by atoms with Crippen molar-refractivity contribution in [3.05, 3.63) is 58.6 Å². The zero-order valence-electron chi connectivity index (χ0n) is 13.7. The smallest absolute Gasteiger partial charge is 0.227 e. The lowest BCUT2D eigenvalue weighted by atomic mass is 9.98. The van der Waals surface area contributed by atoms with Crippen molar-refractivity contribution in [2.24, 2.45) is 0 Å². The lowest BCUT2D eigenvalue weighted by Crippen LogP contribution is -2.17. The van der Waals surface area contributed by atoms with E-state index < -0.39 is 0 Å². The van der Waals surface area contributed by atoms with Gasteiger partial charge in [-0.15, -0.1) is 0 Å². The molecule has 0 aliphatic rings. The first-order valence-electron chi connectivity index (χ1n) is 7.75. The monoisotopic (exact) mass is 331 g/mol. The number of rotatable bonds is 6. The van der Waals surface area contributed by atoms with Gasteiger partial charge in [0.1, 0.15) is 5.75 Å². The van der Waals surface area contributed by atoms with Crippen molar-refractivity contribution in [3.63, 3.8) is 0 Å². The predicted octanol–water partition coefficient (Wildman–Crippen LogP) is 5.18. The summed E-state index contributed by atoms with van der Waals surface area (Å²) < 4.78 is 5.56. The van der Waals surface area contributed by atoms with Gasteiger partial charge in [-0.25, -0.2) is 0 Å². The number of carbonyl (C=O) groups excluding carboxylic acids is 1. The van der Waals surface area contributed by atoms with Crippen LogP contribution in [0.4, 0.5) is 5.69 Å². The highest BCUT2D eigenvalue weighted by atomic mass is 35.5. The maximum atomic E-state index is 12.2. The van der Waals surface area contributed by atoms with Crippen molar-refractivity contribution in [2.75, 3.05) is 11.9 Å². The Labute approximate surface area is 142 Å². The van der Waals surface area contributed by atoms with Gasteiger partial charge in [-0.05, 0) is 36.1 Å². The molecule has 0 spiro atoms. The van der Waals surface area contributed by atoms with E-state index >= 15 is 0 Å². The van der Waals surface area contributed by atoms with E-state index in [1.165, 1.54) is 0 Å². The lowest BCUT2D eigenvalue weighted by Gasteiger charge is -2.16. The van der Waals surface area contributed by atoms with E-state index in [0.29, 0.717) is 23.3 Å². The van der Waals surface area contributed by atoms with Crippen LogP contribution in [0.2, 0.25) is 5.02 Å². The number of anilines is 1. The number of aryl methyl sites for hydroxylation is 1. The zero-order chi connectivity index (χ0) is 16.8. The van der Waals surface area contributed by atoms with E-state index in [2.05, 4.69) is 19.2 Å². The fourth-order valence-electron chi connectivity index (χ4n) is 2.36. The van der Waals surface area contributed by atoms with Gasteiger partial charge < -0.3 is 10.1 Å². The fraction of sp³-hybridized carbons (Fsp3) is 0.316. The van der Waals surface area contributed by atoms with Crippen LogP contribution in [0.1, 0.15) is 37.3 Å². The molecule has 0 aliphatic carbocycles. The summed E-state index contributed by atoms with van der Waals surface area (Å²) in [4.78, 5) is 12.2. The van der Waals surface area contributed by atoms with Gasteiger partial charge in [-0.1, -0.05) is 55.8 Å². The van der Waals surface area contributed by atoms with Crippen LogP contribution in [0.3, 0.4) is 0 Å². The molecule has 1 amide bonds. The molecule has 0 aliphatic heterocycles. The van der Waals surface area contributed by atoms with Gasteiger partial charge in [0.05, 0.1) is 18.1 Å². The van der Waals surface area contributed by atoms with Crippen LogP contribution in [0.15, 0.2) is 42.5 Å². The van der Waals surface area contributed by atoms with Gasteiger partial charge in [-0.3, -0.25) is 4.79 Å². The van der Waals surface area contributed by atoms with Crippen LogP contribution in [0.25, 0.3) is 0 Å². The number of amides is 1. The first-order chi connectivity index (χ1) is 11.0. The number of hydrogen-bond acceptors (Lipinski definition) is 2. The van der Waals surface area contributed by atoms with E-state index in [-0.39, 0.29) is 12.3 Å². The molecule has 0 saturated carbocycles. The van der Waals surface area contributed by atoms with Crippen molar-refractivity contribution >= 4 is 23.2 Å². The minimum Gasteiger partial charge on any atom is -0.491 e. The fourth-order valence-corrected chi connectivity index (χ4v) is 2.55. The number of halogens is 1. The Morgan fingerprint density at radius 1 is 1.17 bits per heavy atom. The van der Waals surface area contributed by atoms with Crippen LogP contribution in [0, 0.1) is 6.92 Å². The van der Waals surface area contributed by atoms with Gasteiger partial charge in [0.15, 0.2) is 0 Å². The summed E-state index contributed by atoms with van der Waals surface area (Å²) in [7, 11) is 0. The first-order valence-corrected chi connectivity index (χ1v) is 8.13. The van der Waals surface area contributed by atoms with Gasteiger partial charge in [-0.2, -0.15) is 0 Å². The van der Waals surface area contributed by atoms with E-state index in [1.807, 2.05) is 37.3 Å². The summed E-state index contributed by atoms with van der Waals surface area (Å²) in [5.74, 6) is 0.888. The second-order valence-electron chi connectivity index (χ2n) is 5.77. The maximum absolute atomic E-state index is 12.2. The Hall–Kier alpha value is -2.00. The second-order valence-corrected chi connectivity index (χ2v) is 6.18. The van der Waals surface area contributed by atoms with Gasteiger partial charge >= 0.3 is 0 Å². The third kappa shape index (κ3) is 4.73. The van der Waals surface area contributed by atoms with Crippen molar-refractivity contribution in [1.82, 2.24) is 0 Å². The highest BCUT2D eigenvalue weighted by molar-refractivity contribution is 6.32. The van der Waals surface area contributed by atoms with E-state index in [1.54, 1.807) is 12.1 Å². The molecule has 0 fully saturated rings. The third-order valence-corrected chi connectivity index (χ3v) is 3.93. The lowest BCUT2D eigenvalue weighted by molar-refractivity contribution is -0.116. The minimum atomic E-state index is -0.0618. The summed E-state index contributed by atoms with van der Waals surface area (Å²) in [6.07, 6.45) is 0.275. The Kier molecular flexibility index (Phi) is 6.05. The number of para-hydroxylation sites is 2. The van der Waals surface area contributed by atoms with Crippen LogP contribution in [-0.2, 0) is 4.79 Å².